The average Bonchev–Trinajstić information content (AvgIpc) is 2.57. The highest BCUT2D eigenvalue weighted by Gasteiger charge is 2.23. The lowest BCUT2D eigenvalue weighted by atomic mass is 10.0. The van der Waals surface area contributed by atoms with Crippen molar-refractivity contribution in [2.45, 2.75) is 78.2 Å². The number of hydrogen-bond donors (Lipinski definition) is 4. The quantitative estimate of drug-likeness (QED) is 0.472. The Morgan fingerprint density at radius 2 is 1.57 bits per heavy atom. The maximum atomic E-state index is 12.4. The first-order valence-electron chi connectivity index (χ1n) is 9.78. The number of carbonyl (C=O) groups is 3. The van der Waals surface area contributed by atoms with E-state index in [1.807, 2.05) is 32.9 Å². The van der Waals surface area contributed by atoms with Crippen LogP contribution in [0.2, 0.25) is 0 Å². The number of rotatable bonds is 8. The predicted molar refractivity (Wildman–Crippen MR) is 114 cm³/mol. The maximum Gasteiger partial charge on any atom is 0.422 e. The molecule has 0 aliphatic carbocycles. The molecule has 0 spiro atoms. The summed E-state index contributed by atoms with van der Waals surface area (Å²) in [6.07, 6.45) is -0.491. The highest BCUT2D eigenvalue weighted by atomic mass is 16.6. The van der Waals surface area contributed by atoms with Crippen LogP contribution in [-0.4, -0.2) is 41.2 Å². The van der Waals surface area contributed by atoms with Crippen LogP contribution in [0.4, 0.5) is 4.79 Å². The number of hydrazine groups is 1. The summed E-state index contributed by atoms with van der Waals surface area (Å²) in [4.78, 5) is 35.8. The molecule has 0 aliphatic heterocycles. The van der Waals surface area contributed by atoms with Crippen LogP contribution in [0.15, 0.2) is 24.3 Å². The number of nitrogens with one attached hydrogen (secondary N) is 3. The number of amides is 3. The summed E-state index contributed by atoms with van der Waals surface area (Å²) in [5.74, 6) is -0.454. The van der Waals surface area contributed by atoms with Crippen molar-refractivity contribution >= 4 is 17.9 Å². The highest BCUT2D eigenvalue weighted by molar-refractivity contribution is 5.89. The molecule has 30 heavy (non-hydrogen) atoms. The van der Waals surface area contributed by atoms with Crippen LogP contribution in [0.3, 0.4) is 0 Å². The minimum Gasteiger partial charge on any atom is -0.488 e. The van der Waals surface area contributed by atoms with E-state index >= 15 is 0 Å². The molecule has 1 aromatic carbocycles. The lowest BCUT2D eigenvalue weighted by Crippen LogP contribution is -2.55. The highest BCUT2D eigenvalue weighted by Crippen LogP contribution is 2.19. The summed E-state index contributed by atoms with van der Waals surface area (Å²) in [5.41, 5.74) is 10.1. The normalized spacial score (nSPS) is 13.7. The van der Waals surface area contributed by atoms with E-state index in [9.17, 15) is 14.4 Å². The van der Waals surface area contributed by atoms with Crippen molar-refractivity contribution in [2.75, 3.05) is 0 Å². The van der Waals surface area contributed by atoms with Crippen molar-refractivity contribution in [1.82, 2.24) is 16.2 Å². The molecule has 5 N–H and O–H groups in total. The van der Waals surface area contributed by atoms with Crippen LogP contribution < -0.4 is 26.6 Å². The van der Waals surface area contributed by atoms with Gasteiger partial charge in [-0.1, -0.05) is 12.1 Å². The molecular weight excluding hydrogens is 388 g/mol. The van der Waals surface area contributed by atoms with Crippen molar-refractivity contribution in [1.29, 1.82) is 0 Å². The molecule has 3 amide bonds. The Hall–Kier alpha value is -2.81. The fourth-order valence-electron chi connectivity index (χ4n) is 2.34. The van der Waals surface area contributed by atoms with Crippen LogP contribution in [0.25, 0.3) is 0 Å². The second-order valence-corrected chi connectivity index (χ2v) is 9.02. The van der Waals surface area contributed by atoms with E-state index in [2.05, 4.69) is 16.2 Å². The molecular formula is C21H34N4O5. The summed E-state index contributed by atoms with van der Waals surface area (Å²) >= 11 is 0. The van der Waals surface area contributed by atoms with Crippen molar-refractivity contribution in [2.24, 2.45) is 5.73 Å². The minimum atomic E-state index is -0.905. The average molecular weight is 423 g/mol. The summed E-state index contributed by atoms with van der Waals surface area (Å²) in [6, 6.07) is 5.51. The van der Waals surface area contributed by atoms with Gasteiger partial charge in [-0.2, -0.15) is 0 Å². The van der Waals surface area contributed by atoms with Crippen molar-refractivity contribution < 1.29 is 23.9 Å². The number of nitrogens with two attached hydrogens (primary N) is 1. The minimum absolute atomic E-state index is 0.225. The fraction of sp³-hybridized carbons (Fsp3) is 0.571. The van der Waals surface area contributed by atoms with Gasteiger partial charge in [0.1, 0.15) is 29.0 Å². The molecule has 0 heterocycles. The van der Waals surface area contributed by atoms with Crippen LogP contribution in [-0.2, 0) is 20.7 Å². The van der Waals surface area contributed by atoms with Gasteiger partial charge in [-0.3, -0.25) is 15.0 Å². The third-order valence-corrected chi connectivity index (χ3v) is 3.63. The van der Waals surface area contributed by atoms with Gasteiger partial charge in [-0.15, -0.1) is 0 Å². The van der Waals surface area contributed by atoms with Crippen molar-refractivity contribution in [3.63, 3.8) is 0 Å². The van der Waals surface area contributed by atoms with Gasteiger partial charge in [0.25, 0.3) is 0 Å². The second kappa shape index (κ2) is 10.3. The van der Waals surface area contributed by atoms with Gasteiger partial charge in [0.2, 0.25) is 11.8 Å². The molecule has 0 saturated carbocycles. The Morgan fingerprint density at radius 1 is 1.00 bits per heavy atom. The number of carbonyl (C=O) groups excluding carboxylic acids is 3. The lowest BCUT2D eigenvalue weighted by molar-refractivity contribution is -0.128. The van der Waals surface area contributed by atoms with E-state index < -0.39 is 35.6 Å². The summed E-state index contributed by atoms with van der Waals surface area (Å²) < 4.78 is 10.8. The molecule has 0 aromatic heterocycles. The molecule has 1 aromatic rings. The van der Waals surface area contributed by atoms with Gasteiger partial charge in [0.15, 0.2) is 0 Å². The molecule has 1 rings (SSSR count). The van der Waals surface area contributed by atoms with Gasteiger partial charge in [-0.05, 0) is 66.2 Å². The first kappa shape index (κ1) is 25.2. The zero-order valence-electron chi connectivity index (χ0n) is 18.8. The molecule has 168 valence electrons. The van der Waals surface area contributed by atoms with E-state index in [0.717, 1.165) is 5.56 Å². The van der Waals surface area contributed by atoms with Gasteiger partial charge >= 0.3 is 6.09 Å². The Bertz CT molecular complexity index is 735. The predicted octanol–water partition coefficient (Wildman–Crippen LogP) is 1.79. The number of hydrogen-bond acceptors (Lipinski definition) is 6. The number of ether oxygens (including phenoxy) is 2. The number of primary amides is 1. The Labute approximate surface area is 178 Å². The molecule has 9 heteroatoms. The Morgan fingerprint density at radius 3 is 2.03 bits per heavy atom. The standard InChI is InChI=1S/C21H34N4O5/c1-13(24-25-19(28)30-21(5,6)7)18(27)23-16(17(22)26)12-14-8-10-15(11-9-14)29-20(2,3)4/h8-11,13,16,24H,12H2,1-7H3,(H2,22,26)(H,23,27)(H,25,28)/t13-,16-/m0/s1. The van der Waals surface area contributed by atoms with E-state index in [0.29, 0.717) is 5.75 Å². The molecule has 0 aliphatic rings. The van der Waals surface area contributed by atoms with Gasteiger partial charge in [0, 0.05) is 6.42 Å². The lowest BCUT2D eigenvalue weighted by Gasteiger charge is -2.23. The molecule has 0 radical (unpaired) electrons. The molecule has 0 saturated heterocycles. The van der Waals surface area contributed by atoms with E-state index in [-0.39, 0.29) is 12.0 Å². The van der Waals surface area contributed by atoms with Crippen LogP contribution >= 0.6 is 0 Å². The SMILES string of the molecule is C[C@H](NNC(=O)OC(C)(C)C)C(=O)N[C@@H](Cc1ccc(OC(C)(C)C)cc1)C(N)=O. The smallest absolute Gasteiger partial charge is 0.422 e. The summed E-state index contributed by atoms with van der Waals surface area (Å²) in [5, 5.41) is 2.59. The summed E-state index contributed by atoms with van der Waals surface area (Å²) in [7, 11) is 0. The van der Waals surface area contributed by atoms with Crippen LogP contribution in [0, 0.1) is 0 Å². The van der Waals surface area contributed by atoms with Crippen molar-refractivity contribution in [3.05, 3.63) is 29.8 Å². The van der Waals surface area contributed by atoms with Crippen LogP contribution in [0.5, 0.6) is 5.75 Å². The van der Waals surface area contributed by atoms with Gasteiger partial charge in [0.05, 0.1) is 0 Å². The first-order chi connectivity index (χ1) is 13.7. The largest absolute Gasteiger partial charge is 0.488 e. The summed E-state index contributed by atoms with van der Waals surface area (Å²) in [6.45, 7) is 12.6. The third-order valence-electron chi connectivity index (χ3n) is 3.63. The van der Waals surface area contributed by atoms with Crippen LogP contribution in [0.1, 0.15) is 54.0 Å². The molecule has 9 nitrogen and oxygen atoms in total. The Balaban J connectivity index is 2.63. The topological polar surface area (TPSA) is 132 Å². The zero-order chi connectivity index (χ0) is 23.1. The maximum absolute atomic E-state index is 12.4. The molecule has 0 unspecified atom stereocenters. The van der Waals surface area contributed by atoms with Gasteiger partial charge in [-0.25, -0.2) is 10.2 Å². The zero-order valence-corrected chi connectivity index (χ0v) is 18.8. The Kier molecular flexibility index (Phi) is 8.65. The van der Waals surface area contributed by atoms with E-state index in [1.54, 1.807) is 32.9 Å². The van der Waals surface area contributed by atoms with Gasteiger partial charge < -0.3 is 20.5 Å². The van der Waals surface area contributed by atoms with E-state index in [4.69, 9.17) is 15.2 Å². The van der Waals surface area contributed by atoms with Crippen molar-refractivity contribution in [3.8, 4) is 5.75 Å². The monoisotopic (exact) mass is 422 g/mol. The third kappa shape index (κ3) is 10.1. The molecule has 2 atom stereocenters. The first-order valence-corrected chi connectivity index (χ1v) is 9.78. The number of benzene rings is 1. The molecule has 0 bridgehead atoms. The second-order valence-electron chi connectivity index (χ2n) is 9.02. The fourth-order valence-corrected chi connectivity index (χ4v) is 2.34. The van der Waals surface area contributed by atoms with E-state index in [1.165, 1.54) is 6.92 Å². The molecule has 0 fully saturated rings.